The van der Waals surface area contributed by atoms with E-state index in [-0.39, 0.29) is 43.0 Å². The zero-order chi connectivity index (χ0) is 32.2. The molecule has 0 saturated carbocycles. The van der Waals surface area contributed by atoms with Crippen molar-refractivity contribution in [2.75, 3.05) is 38.7 Å². The SMILES string of the molecule is C[C@@H]1CCCCO[C@@H](CN(C)Cc2ccccc2)[C@@H](C)CN([C@@H](C)CO)C(=O)c2cc(NC(=O)Cc3ccccc3)ccc2O1. The number of carbonyl (C=O) groups excluding carboxylic acids is 2. The Morgan fingerprint density at radius 2 is 1.71 bits per heavy atom. The quantitative estimate of drug-likeness (QED) is 0.317. The Balaban J connectivity index is 1.59. The van der Waals surface area contributed by atoms with E-state index in [4.69, 9.17) is 9.47 Å². The molecule has 1 aliphatic heterocycles. The fraction of sp³-hybridized carbons (Fsp3) is 0.459. The standard InChI is InChI=1S/C37H49N3O5/c1-27-23-40(28(2)26-41)37(43)33-22-32(38-36(42)21-30-14-7-5-8-15-30)18-19-34(33)45-29(3)13-11-12-20-44-35(27)25-39(4)24-31-16-9-6-10-17-31/h5-10,14-19,22,27-29,35,41H,11-13,20-21,23-26H2,1-4H3,(H,38,42)/t27-,28-,29+,35-/m0/s1. The number of nitrogens with zero attached hydrogens (tertiary/aromatic N) is 2. The van der Waals surface area contributed by atoms with Crippen molar-refractivity contribution >= 4 is 17.5 Å². The Kier molecular flexibility index (Phi) is 13.0. The van der Waals surface area contributed by atoms with Crippen LogP contribution < -0.4 is 10.1 Å². The van der Waals surface area contributed by atoms with Crippen molar-refractivity contribution in [2.24, 2.45) is 5.92 Å². The van der Waals surface area contributed by atoms with E-state index >= 15 is 0 Å². The van der Waals surface area contributed by atoms with Gasteiger partial charge < -0.3 is 24.8 Å². The number of hydrogen-bond donors (Lipinski definition) is 2. The van der Waals surface area contributed by atoms with Crippen molar-refractivity contribution in [1.82, 2.24) is 9.80 Å². The molecule has 8 heteroatoms. The molecule has 0 radical (unpaired) electrons. The predicted octanol–water partition coefficient (Wildman–Crippen LogP) is 5.80. The number of rotatable bonds is 9. The fourth-order valence-electron chi connectivity index (χ4n) is 5.72. The molecule has 0 saturated heterocycles. The third-order valence-corrected chi connectivity index (χ3v) is 8.33. The van der Waals surface area contributed by atoms with Crippen molar-refractivity contribution in [3.05, 3.63) is 95.6 Å². The van der Waals surface area contributed by atoms with Crippen LogP contribution in [0.1, 0.15) is 61.5 Å². The van der Waals surface area contributed by atoms with E-state index in [1.807, 2.05) is 62.4 Å². The van der Waals surface area contributed by atoms with Gasteiger partial charge >= 0.3 is 0 Å². The Labute approximate surface area is 268 Å². The lowest BCUT2D eigenvalue weighted by Gasteiger charge is -2.36. The van der Waals surface area contributed by atoms with E-state index in [0.29, 0.717) is 36.7 Å². The van der Waals surface area contributed by atoms with Crippen LogP contribution >= 0.6 is 0 Å². The average molecular weight is 616 g/mol. The molecule has 0 aliphatic carbocycles. The number of aliphatic hydroxyl groups is 1. The summed E-state index contributed by atoms with van der Waals surface area (Å²) in [7, 11) is 2.09. The number of hydrogen-bond acceptors (Lipinski definition) is 6. The van der Waals surface area contributed by atoms with Crippen LogP contribution in [0, 0.1) is 5.92 Å². The summed E-state index contributed by atoms with van der Waals surface area (Å²) >= 11 is 0. The van der Waals surface area contributed by atoms with E-state index in [1.165, 1.54) is 5.56 Å². The number of carbonyl (C=O) groups is 2. The van der Waals surface area contributed by atoms with Crippen LogP contribution in [-0.2, 0) is 22.5 Å². The van der Waals surface area contributed by atoms with E-state index in [1.54, 1.807) is 23.1 Å². The molecule has 3 aromatic rings. The van der Waals surface area contributed by atoms with E-state index in [9.17, 15) is 14.7 Å². The van der Waals surface area contributed by atoms with Crippen LogP contribution in [0.25, 0.3) is 0 Å². The maximum atomic E-state index is 14.3. The molecular weight excluding hydrogens is 566 g/mol. The highest BCUT2D eigenvalue weighted by atomic mass is 16.5. The maximum Gasteiger partial charge on any atom is 0.258 e. The highest BCUT2D eigenvalue weighted by Gasteiger charge is 2.30. The summed E-state index contributed by atoms with van der Waals surface area (Å²) in [4.78, 5) is 31.2. The van der Waals surface area contributed by atoms with Crippen molar-refractivity contribution in [1.29, 1.82) is 0 Å². The molecule has 0 unspecified atom stereocenters. The third-order valence-electron chi connectivity index (χ3n) is 8.33. The molecule has 0 aromatic heterocycles. The number of anilines is 1. The van der Waals surface area contributed by atoms with Gasteiger partial charge in [0.2, 0.25) is 5.91 Å². The minimum absolute atomic E-state index is 0.0128. The van der Waals surface area contributed by atoms with Crippen LogP contribution in [0.15, 0.2) is 78.9 Å². The van der Waals surface area contributed by atoms with Crippen molar-refractivity contribution in [2.45, 2.75) is 71.2 Å². The first-order valence-corrected chi connectivity index (χ1v) is 16.1. The smallest absolute Gasteiger partial charge is 0.258 e. The summed E-state index contributed by atoms with van der Waals surface area (Å²) in [5, 5.41) is 13.2. The second-order valence-electron chi connectivity index (χ2n) is 12.4. The summed E-state index contributed by atoms with van der Waals surface area (Å²) in [6.07, 6.45) is 2.66. The second-order valence-corrected chi connectivity index (χ2v) is 12.4. The minimum Gasteiger partial charge on any atom is -0.490 e. The minimum atomic E-state index is -0.433. The molecule has 2 N–H and O–H groups in total. The highest BCUT2D eigenvalue weighted by Crippen LogP contribution is 2.28. The van der Waals surface area contributed by atoms with Gasteiger partial charge in [0.25, 0.3) is 5.91 Å². The van der Waals surface area contributed by atoms with Crippen LogP contribution in [0.2, 0.25) is 0 Å². The molecule has 4 atom stereocenters. The van der Waals surface area contributed by atoms with Gasteiger partial charge in [-0.2, -0.15) is 0 Å². The molecule has 0 spiro atoms. The van der Waals surface area contributed by atoms with Crippen LogP contribution in [0.4, 0.5) is 5.69 Å². The number of fused-ring (bicyclic) bond motifs is 1. The van der Waals surface area contributed by atoms with Gasteiger partial charge in [0.05, 0.1) is 36.8 Å². The van der Waals surface area contributed by atoms with Gasteiger partial charge in [0.15, 0.2) is 0 Å². The Hall–Kier alpha value is -3.72. The fourth-order valence-corrected chi connectivity index (χ4v) is 5.72. The highest BCUT2D eigenvalue weighted by molar-refractivity contribution is 6.00. The van der Waals surface area contributed by atoms with Gasteiger partial charge in [0.1, 0.15) is 5.75 Å². The van der Waals surface area contributed by atoms with Crippen molar-refractivity contribution in [3.8, 4) is 5.75 Å². The third kappa shape index (κ3) is 10.4. The first kappa shape index (κ1) is 34.2. The molecule has 242 valence electrons. The Bertz CT molecular complexity index is 1350. The van der Waals surface area contributed by atoms with Gasteiger partial charge in [-0.1, -0.05) is 67.6 Å². The van der Waals surface area contributed by atoms with Crippen LogP contribution in [-0.4, -0.2) is 78.3 Å². The number of nitrogens with one attached hydrogen (secondary N) is 1. The molecule has 1 aliphatic rings. The molecule has 1 heterocycles. The summed E-state index contributed by atoms with van der Waals surface area (Å²) in [5.41, 5.74) is 3.03. The monoisotopic (exact) mass is 615 g/mol. The van der Waals surface area contributed by atoms with Gasteiger partial charge in [0, 0.05) is 37.8 Å². The number of likely N-dealkylation sites (N-methyl/N-ethyl adjacent to an activating group) is 1. The lowest BCUT2D eigenvalue weighted by molar-refractivity contribution is -0.115. The number of ether oxygens (including phenoxy) is 2. The lowest BCUT2D eigenvalue weighted by atomic mass is 10.0. The normalized spacial score (nSPS) is 20.5. The molecule has 0 bridgehead atoms. The summed E-state index contributed by atoms with van der Waals surface area (Å²) in [6.45, 7) is 8.31. The molecule has 0 fully saturated rings. The summed E-state index contributed by atoms with van der Waals surface area (Å²) < 4.78 is 12.8. The van der Waals surface area contributed by atoms with E-state index in [2.05, 4.69) is 36.3 Å². The van der Waals surface area contributed by atoms with Crippen LogP contribution in [0.5, 0.6) is 5.75 Å². The molecule has 4 rings (SSSR count). The number of amides is 2. The Morgan fingerprint density at radius 3 is 2.40 bits per heavy atom. The number of benzene rings is 3. The zero-order valence-electron chi connectivity index (χ0n) is 27.2. The molecule has 2 amide bonds. The first-order chi connectivity index (χ1) is 21.7. The Morgan fingerprint density at radius 1 is 1.02 bits per heavy atom. The molecule has 8 nitrogen and oxygen atoms in total. The maximum absolute atomic E-state index is 14.3. The van der Waals surface area contributed by atoms with Crippen molar-refractivity contribution < 1.29 is 24.2 Å². The second kappa shape index (κ2) is 17.1. The average Bonchev–Trinajstić information content (AvgIpc) is 3.03. The van der Waals surface area contributed by atoms with E-state index < -0.39 is 6.04 Å². The lowest BCUT2D eigenvalue weighted by Crippen LogP contribution is -2.47. The summed E-state index contributed by atoms with van der Waals surface area (Å²) in [6, 6.07) is 24.7. The molecular formula is C37H49N3O5. The largest absolute Gasteiger partial charge is 0.490 e. The van der Waals surface area contributed by atoms with E-state index in [0.717, 1.165) is 31.4 Å². The summed E-state index contributed by atoms with van der Waals surface area (Å²) in [5.74, 6) is 0.0424. The zero-order valence-corrected chi connectivity index (χ0v) is 27.2. The molecule has 45 heavy (non-hydrogen) atoms. The first-order valence-electron chi connectivity index (χ1n) is 16.1. The van der Waals surface area contributed by atoms with Gasteiger partial charge in [-0.15, -0.1) is 0 Å². The topological polar surface area (TPSA) is 91.3 Å². The predicted molar refractivity (Wildman–Crippen MR) is 178 cm³/mol. The van der Waals surface area contributed by atoms with Crippen LogP contribution in [0.3, 0.4) is 0 Å². The van der Waals surface area contributed by atoms with Gasteiger partial charge in [-0.3, -0.25) is 14.5 Å². The molecule has 3 aromatic carbocycles. The van der Waals surface area contributed by atoms with Gasteiger partial charge in [-0.05, 0) is 69.5 Å². The van der Waals surface area contributed by atoms with Crippen molar-refractivity contribution in [3.63, 3.8) is 0 Å². The number of aliphatic hydroxyl groups excluding tert-OH is 1. The van der Waals surface area contributed by atoms with Gasteiger partial charge in [-0.25, -0.2) is 0 Å².